The van der Waals surface area contributed by atoms with Gasteiger partial charge in [0.1, 0.15) is 5.75 Å². The molecule has 4 heteroatoms. The number of anilines is 1. The van der Waals surface area contributed by atoms with Gasteiger partial charge in [-0.1, -0.05) is 18.2 Å². The molecule has 0 aromatic heterocycles. The van der Waals surface area contributed by atoms with Crippen molar-refractivity contribution in [2.24, 2.45) is 0 Å². The molecule has 0 fully saturated rings. The van der Waals surface area contributed by atoms with Crippen molar-refractivity contribution in [1.82, 2.24) is 0 Å². The van der Waals surface area contributed by atoms with Gasteiger partial charge in [0, 0.05) is 5.56 Å². The highest BCUT2D eigenvalue weighted by atomic mass is 19.2. The van der Waals surface area contributed by atoms with Crippen LogP contribution in [0.5, 0.6) is 5.75 Å². The van der Waals surface area contributed by atoms with E-state index in [4.69, 9.17) is 10.5 Å². The molecule has 0 aliphatic rings. The molecular weight excluding hydrogens is 224 g/mol. The van der Waals surface area contributed by atoms with Gasteiger partial charge in [0.25, 0.3) is 0 Å². The van der Waals surface area contributed by atoms with E-state index in [0.717, 1.165) is 12.1 Å². The Morgan fingerprint density at radius 2 is 1.82 bits per heavy atom. The first-order valence-electron chi connectivity index (χ1n) is 5.01. The van der Waals surface area contributed by atoms with Gasteiger partial charge in [-0.2, -0.15) is 0 Å². The monoisotopic (exact) mass is 235 g/mol. The fourth-order valence-corrected chi connectivity index (χ4v) is 1.64. The molecule has 2 nitrogen and oxygen atoms in total. The van der Waals surface area contributed by atoms with E-state index in [-0.39, 0.29) is 0 Å². The Kier molecular flexibility index (Phi) is 2.95. The fourth-order valence-electron chi connectivity index (χ4n) is 1.64. The quantitative estimate of drug-likeness (QED) is 0.811. The Hall–Kier alpha value is -2.10. The van der Waals surface area contributed by atoms with Gasteiger partial charge < -0.3 is 10.5 Å². The Bertz CT molecular complexity index is 555. The maximum absolute atomic E-state index is 13.1. The van der Waals surface area contributed by atoms with Crippen LogP contribution in [0.4, 0.5) is 14.5 Å². The number of rotatable bonds is 2. The Labute approximate surface area is 97.6 Å². The van der Waals surface area contributed by atoms with Crippen LogP contribution in [0.15, 0.2) is 36.4 Å². The first-order chi connectivity index (χ1) is 8.13. The fraction of sp³-hybridized carbons (Fsp3) is 0.0769. The van der Waals surface area contributed by atoms with Gasteiger partial charge in [0.05, 0.1) is 12.8 Å². The van der Waals surface area contributed by atoms with Crippen molar-refractivity contribution in [3.05, 3.63) is 48.0 Å². The van der Waals surface area contributed by atoms with Gasteiger partial charge in [-0.3, -0.25) is 0 Å². The Morgan fingerprint density at radius 3 is 2.47 bits per heavy atom. The third-order valence-corrected chi connectivity index (χ3v) is 2.52. The number of halogens is 2. The molecule has 2 aromatic rings. The minimum absolute atomic E-state index is 0.404. The lowest BCUT2D eigenvalue weighted by atomic mass is 10.0. The summed E-state index contributed by atoms with van der Waals surface area (Å²) in [5, 5.41) is 0. The molecule has 0 atom stereocenters. The molecule has 0 saturated carbocycles. The van der Waals surface area contributed by atoms with Crippen molar-refractivity contribution < 1.29 is 13.5 Å². The number of benzene rings is 2. The van der Waals surface area contributed by atoms with Crippen LogP contribution in [-0.4, -0.2) is 7.11 Å². The summed E-state index contributed by atoms with van der Waals surface area (Å²) in [6.07, 6.45) is 0. The third-order valence-electron chi connectivity index (χ3n) is 2.52. The zero-order valence-electron chi connectivity index (χ0n) is 9.21. The molecule has 0 aliphatic heterocycles. The van der Waals surface area contributed by atoms with Crippen molar-refractivity contribution in [3.63, 3.8) is 0 Å². The van der Waals surface area contributed by atoms with E-state index in [2.05, 4.69) is 0 Å². The lowest BCUT2D eigenvalue weighted by Gasteiger charge is -2.10. The highest BCUT2D eigenvalue weighted by molar-refractivity contribution is 5.80. The number of nitrogen functional groups attached to an aromatic ring is 1. The van der Waals surface area contributed by atoms with Crippen molar-refractivity contribution in [1.29, 1.82) is 0 Å². The van der Waals surface area contributed by atoms with Crippen LogP contribution < -0.4 is 10.5 Å². The largest absolute Gasteiger partial charge is 0.495 e. The molecule has 0 aliphatic carbocycles. The molecule has 0 heterocycles. The van der Waals surface area contributed by atoms with E-state index in [1.165, 1.54) is 13.2 Å². The molecule has 2 rings (SSSR count). The number of nitrogens with two attached hydrogens (primary N) is 1. The van der Waals surface area contributed by atoms with Crippen LogP contribution in [0.2, 0.25) is 0 Å². The first-order valence-corrected chi connectivity index (χ1v) is 5.01. The summed E-state index contributed by atoms with van der Waals surface area (Å²) in [5.41, 5.74) is 7.40. The van der Waals surface area contributed by atoms with E-state index in [1.807, 2.05) is 0 Å². The van der Waals surface area contributed by atoms with E-state index < -0.39 is 11.6 Å². The minimum Gasteiger partial charge on any atom is -0.495 e. The predicted octanol–water partition coefficient (Wildman–Crippen LogP) is 3.22. The predicted molar refractivity (Wildman–Crippen MR) is 62.8 cm³/mol. The molecule has 2 aromatic carbocycles. The van der Waals surface area contributed by atoms with Gasteiger partial charge >= 0.3 is 0 Å². The topological polar surface area (TPSA) is 35.2 Å². The summed E-state index contributed by atoms with van der Waals surface area (Å²) in [6, 6.07) is 8.84. The average molecular weight is 235 g/mol. The zero-order chi connectivity index (χ0) is 12.4. The zero-order valence-corrected chi connectivity index (χ0v) is 9.21. The molecule has 2 N–H and O–H groups in total. The van der Waals surface area contributed by atoms with Gasteiger partial charge in [0.15, 0.2) is 11.6 Å². The normalized spacial score (nSPS) is 10.3. The van der Waals surface area contributed by atoms with Crippen molar-refractivity contribution >= 4 is 5.69 Å². The molecule has 88 valence electrons. The maximum atomic E-state index is 13.1. The highest BCUT2D eigenvalue weighted by Crippen LogP contribution is 2.33. The van der Waals surface area contributed by atoms with Crippen LogP contribution in [0, 0.1) is 11.6 Å². The first kappa shape index (κ1) is 11.4. The smallest absolute Gasteiger partial charge is 0.159 e. The molecular formula is C13H11F2NO. The maximum Gasteiger partial charge on any atom is 0.159 e. The number of hydrogen-bond acceptors (Lipinski definition) is 2. The lowest BCUT2D eigenvalue weighted by molar-refractivity contribution is 0.417. The third kappa shape index (κ3) is 2.06. The summed E-state index contributed by atoms with van der Waals surface area (Å²) in [7, 11) is 1.50. The molecule has 0 spiro atoms. The van der Waals surface area contributed by atoms with Crippen molar-refractivity contribution in [3.8, 4) is 16.9 Å². The van der Waals surface area contributed by atoms with Crippen molar-refractivity contribution in [2.75, 3.05) is 12.8 Å². The lowest BCUT2D eigenvalue weighted by Crippen LogP contribution is -1.95. The van der Waals surface area contributed by atoms with Crippen LogP contribution in [0.25, 0.3) is 11.1 Å². The SMILES string of the molecule is COc1cccc(-c2ccc(F)c(F)c2)c1N. The second kappa shape index (κ2) is 4.41. The van der Waals surface area contributed by atoms with Gasteiger partial charge in [-0.05, 0) is 23.8 Å². The van der Waals surface area contributed by atoms with Crippen LogP contribution in [0.3, 0.4) is 0 Å². The van der Waals surface area contributed by atoms with Gasteiger partial charge in [-0.15, -0.1) is 0 Å². The summed E-state index contributed by atoms with van der Waals surface area (Å²) < 4.78 is 31.0. The highest BCUT2D eigenvalue weighted by Gasteiger charge is 2.09. The summed E-state index contributed by atoms with van der Waals surface area (Å²) in [6.45, 7) is 0. The Morgan fingerprint density at radius 1 is 1.06 bits per heavy atom. The number of para-hydroxylation sites is 1. The Balaban J connectivity index is 2.56. The van der Waals surface area contributed by atoms with Crippen LogP contribution >= 0.6 is 0 Å². The summed E-state index contributed by atoms with van der Waals surface area (Å²) >= 11 is 0. The van der Waals surface area contributed by atoms with E-state index in [1.54, 1.807) is 18.2 Å². The molecule has 0 unspecified atom stereocenters. The van der Waals surface area contributed by atoms with Crippen LogP contribution in [0.1, 0.15) is 0 Å². The molecule has 0 bridgehead atoms. The molecule has 0 radical (unpaired) electrons. The average Bonchev–Trinajstić information content (AvgIpc) is 2.33. The second-order valence-electron chi connectivity index (χ2n) is 3.55. The number of hydrogen-bond donors (Lipinski definition) is 1. The van der Waals surface area contributed by atoms with Crippen molar-refractivity contribution in [2.45, 2.75) is 0 Å². The number of methoxy groups -OCH3 is 1. The van der Waals surface area contributed by atoms with E-state index >= 15 is 0 Å². The molecule has 0 saturated heterocycles. The number of ether oxygens (including phenoxy) is 1. The van der Waals surface area contributed by atoms with E-state index in [9.17, 15) is 8.78 Å². The van der Waals surface area contributed by atoms with Gasteiger partial charge in [-0.25, -0.2) is 8.78 Å². The molecule has 0 amide bonds. The minimum atomic E-state index is -0.898. The second-order valence-corrected chi connectivity index (χ2v) is 3.55. The van der Waals surface area contributed by atoms with Crippen LogP contribution in [-0.2, 0) is 0 Å². The summed E-state index contributed by atoms with van der Waals surface area (Å²) in [5.74, 6) is -1.27. The van der Waals surface area contributed by atoms with E-state index in [0.29, 0.717) is 22.6 Å². The summed E-state index contributed by atoms with van der Waals surface area (Å²) in [4.78, 5) is 0. The standard InChI is InChI=1S/C13H11F2NO/c1-17-12-4-2-3-9(13(12)16)8-5-6-10(14)11(15)7-8/h2-7H,16H2,1H3. The molecule has 17 heavy (non-hydrogen) atoms. The van der Waals surface area contributed by atoms with Gasteiger partial charge in [0.2, 0.25) is 0 Å².